The van der Waals surface area contributed by atoms with E-state index in [9.17, 15) is 22.4 Å². The molecule has 0 heterocycles. The molecule has 21 heavy (non-hydrogen) atoms. The van der Waals surface area contributed by atoms with Gasteiger partial charge in [-0.25, -0.2) is 4.79 Å². The summed E-state index contributed by atoms with van der Waals surface area (Å²) in [5.74, 6) is -0.407. The largest absolute Gasteiger partial charge is 0.475 e. The van der Waals surface area contributed by atoms with Crippen LogP contribution in [0.1, 0.15) is 5.56 Å². The highest BCUT2D eigenvalue weighted by Crippen LogP contribution is 2.40. The molecule has 0 saturated carbocycles. The molecule has 118 valence electrons. The lowest BCUT2D eigenvalue weighted by Gasteiger charge is -2.21. The van der Waals surface area contributed by atoms with E-state index in [0.717, 1.165) is 12.1 Å². The number of carbonyl (C=O) groups is 1. The van der Waals surface area contributed by atoms with E-state index in [-0.39, 0.29) is 6.61 Å². The maximum Gasteiger partial charge on any atom is 0.475 e. The van der Waals surface area contributed by atoms with Crippen LogP contribution in [-0.2, 0) is 11.2 Å². The molecule has 1 rings (SSSR count). The lowest BCUT2D eigenvalue weighted by molar-refractivity contribution is -0.266. The SMILES string of the molecule is CNC(=O)OCCc1ccc(OC(F)(F)C(F)(F)Br)cc1. The van der Waals surface area contributed by atoms with Gasteiger partial charge in [0.25, 0.3) is 0 Å². The maximum atomic E-state index is 13.0. The number of benzene rings is 1. The van der Waals surface area contributed by atoms with Gasteiger partial charge in [0.15, 0.2) is 0 Å². The first-order valence-electron chi connectivity index (χ1n) is 5.73. The minimum Gasteiger partial charge on any atom is -0.449 e. The molecular weight excluding hydrogens is 362 g/mol. The number of hydrogen-bond acceptors (Lipinski definition) is 3. The van der Waals surface area contributed by atoms with E-state index in [4.69, 9.17) is 4.74 Å². The van der Waals surface area contributed by atoms with E-state index < -0.39 is 22.8 Å². The van der Waals surface area contributed by atoms with E-state index >= 15 is 0 Å². The normalized spacial score (nSPS) is 11.9. The van der Waals surface area contributed by atoms with Crippen LogP contribution in [0.2, 0.25) is 0 Å². The zero-order valence-electron chi connectivity index (χ0n) is 10.8. The molecule has 0 aromatic heterocycles. The number of amides is 1. The summed E-state index contributed by atoms with van der Waals surface area (Å²) in [7, 11) is 1.41. The first-order valence-corrected chi connectivity index (χ1v) is 6.52. The average Bonchev–Trinajstić information content (AvgIpc) is 2.39. The summed E-state index contributed by atoms with van der Waals surface area (Å²) in [5, 5.41) is 2.26. The van der Waals surface area contributed by atoms with Crippen molar-refractivity contribution in [3.8, 4) is 5.75 Å². The third-order valence-electron chi connectivity index (χ3n) is 2.33. The second-order valence-electron chi connectivity index (χ2n) is 3.90. The van der Waals surface area contributed by atoms with E-state index in [1.807, 2.05) is 0 Å². The van der Waals surface area contributed by atoms with Crippen molar-refractivity contribution in [3.05, 3.63) is 29.8 Å². The second kappa shape index (κ2) is 6.97. The standard InChI is InChI=1S/C12H12BrF4NO3/c1-18-10(19)20-7-6-8-2-4-9(5-3-8)21-12(16,17)11(13,14)15/h2-5H,6-7H2,1H3,(H,18,19). The van der Waals surface area contributed by atoms with Crippen LogP contribution in [0, 0.1) is 0 Å². The van der Waals surface area contributed by atoms with E-state index in [0.29, 0.717) is 12.0 Å². The van der Waals surface area contributed by atoms with E-state index in [1.165, 1.54) is 19.2 Å². The van der Waals surface area contributed by atoms with Crippen LogP contribution in [0.15, 0.2) is 24.3 Å². The zero-order chi connectivity index (χ0) is 16.1. The Labute approximate surface area is 126 Å². The lowest BCUT2D eigenvalue weighted by Crippen LogP contribution is -2.40. The quantitative estimate of drug-likeness (QED) is 0.612. The Morgan fingerprint density at radius 3 is 2.29 bits per heavy atom. The van der Waals surface area contributed by atoms with Gasteiger partial charge in [-0.1, -0.05) is 12.1 Å². The van der Waals surface area contributed by atoms with E-state index in [2.05, 4.69) is 10.1 Å². The molecule has 0 aliphatic carbocycles. The number of rotatable bonds is 6. The Morgan fingerprint density at radius 2 is 1.81 bits per heavy atom. The van der Waals surface area contributed by atoms with Gasteiger partial charge in [0, 0.05) is 29.4 Å². The van der Waals surface area contributed by atoms with Crippen LogP contribution in [-0.4, -0.2) is 30.7 Å². The van der Waals surface area contributed by atoms with Gasteiger partial charge in [-0.05, 0) is 17.7 Å². The molecule has 0 radical (unpaired) electrons. The van der Waals surface area contributed by atoms with Crippen molar-refractivity contribution in [1.82, 2.24) is 5.32 Å². The lowest BCUT2D eigenvalue weighted by atomic mass is 10.1. The number of nitrogens with one attached hydrogen (secondary N) is 1. The van der Waals surface area contributed by atoms with Crippen molar-refractivity contribution in [2.75, 3.05) is 13.7 Å². The molecule has 0 bridgehead atoms. The second-order valence-corrected chi connectivity index (χ2v) is 4.89. The van der Waals surface area contributed by atoms with Gasteiger partial charge in [0.1, 0.15) is 5.75 Å². The van der Waals surface area contributed by atoms with Gasteiger partial charge in [-0.15, -0.1) is 0 Å². The Balaban J connectivity index is 2.56. The summed E-state index contributed by atoms with van der Waals surface area (Å²) >= 11 is 1.56. The number of hydrogen-bond donors (Lipinski definition) is 1. The monoisotopic (exact) mass is 373 g/mol. The van der Waals surface area contributed by atoms with Crippen molar-refractivity contribution >= 4 is 22.0 Å². The summed E-state index contributed by atoms with van der Waals surface area (Å²) in [6, 6.07) is 5.07. The van der Waals surface area contributed by atoms with Crippen LogP contribution in [0.3, 0.4) is 0 Å². The molecule has 0 saturated heterocycles. The topological polar surface area (TPSA) is 47.6 Å². The van der Waals surface area contributed by atoms with Crippen LogP contribution in [0.25, 0.3) is 0 Å². The van der Waals surface area contributed by atoms with Crippen LogP contribution >= 0.6 is 15.9 Å². The molecule has 1 aromatic rings. The summed E-state index contributed by atoms with van der Waals surface area (Å²) in [5.41, 5.74) is 0.667. The summed E-state index contributed by atoms with van der Waals surface area (Å²) in [6.45, 7) is 0.0928. The van der Waals surface area contributed by atoms with Crippen molar-refractivity contribution in [1.29, 1.82) is 0 Å². The van der Waals surface area contributed by atoms with Gasteiger partial charge in [0.2, 0.25) is 0 Å². The molecule has 1 amide bonds. The van der Waals surface area contributed by atoms with Gasteiger partial charge >= 0.3 is 17.0 Å². The molecule has 9 heteroatoms. The van der Waals surface area contributed by atoms with Gasteiger partial charge in [-0.3, -0.25) is 0 Å². The summed E-state index contributed by atoms with van der Waals surface area (Å²) < 4.78 is 59.7. The fourth-order valence-corrected chi connectivity index (χ4v) is 1.34. The van der Waals surface area contributed by atoms with Gasteiger partial charge < -0.3 is 14.8 Å². The third-order valence-corrected chi connectivity index (χ3v) is 2.79. The van der Waals surface area contributed by atoms with Crippen LogP contribution in [0.4, 0.5) is 22.4 Å². The molecule has 4 nitrogen and oxygen atoms in total. The molecule has 0 aliphatic rings. The first kappa shape index (κ1) is 17.5. The van der Waals surface area contributed by atoms with Gasteiger partial charge in [0.05, 0.1) is 6.61 Å². The van der Waals surface area contributed by atoms with Crippen molar-refractivity contribution in [2.45, 2.75) is 17.4 Å². The molecule has 0 atom stereocenters. The Kier molecular flexibility index (Phi) is 5.82. The van der Waals surface area contributed by atoms with E-state index in [1.54, 1.807) is 15.9 Å². The number of alkyl carbamates (subject to hydrolysis) is 1. The Bertz CT molecular complexity index is 476. The molecule has 1 N–H and O–H groups in total. The first-order chi connectivity index (χ1) is 9.65. The number of alkyl halides is 5. The fourth-order valence-electron chi connectivity index (χ4n) is 1.26. The molecule has 0 spiro atoms. The predicted octanol–water partition coefficient (Wildman–Crippen LogP) is 3.54. The van der Waals surface area contributed by atoms with Crippen LogP contribution in [0.5, 0.6) is 5.75 Å². The highest BCUT2D eigenvalue weighted by atomic mass is 79.9. The average molecular weight is 374 g/mol. The van der Waals surface area contributed by atoms with Crippen molar-refractivity contribution in [2.24, 2.45) is 0 Å². The highest BCUT2D eigenvalue weighted by Gasteiger charge is 2.57. The molecule has 1 aromatic carbocycles. The summed E-state index contributed by atoms with van der Waals surface area (Å²) in [4.78, 5) is 6.32. The molecule has 0 aliphatic heterocycles. The van der Waals surface area contributed by atoms with Crippen molar-refractivity contribution in [3.63, 3.8) is 0 Å². The Hall–Kier alpha value is -1.51. The summed E-state index contributed by atoms with van der Waals surface area (Å²) in [6.07, 6.45) is -4.91. The predicted molar refractivity (Wildman–Crippen MR) is 70.0 cm³/mol. The number of halogens is 5. The smallest absolute Gasteiger partial charge is 0.449 e. The minimum atomic E-state index is -4.67. The van der Waals surface area contributed by atoms with Gasteiger partial charge in [-0.2, -0.15) is 17.6 Å². The molecule has 0 unspecified atom stereocenters. The fraction of sp³-hybridized carbons (Fsp3) is 0.417. The third kappa shape index (κ3) is 5.41. The molecular formula is C12H12BrF4NO3. The molecule has 0 fully saturated rings. The zero-order valence-corrected chi connectivity index (χ0v) is 12.4. The Morgan fingerprint density at radius 1 is 1.24 bits per heavy atom. The number of carbonyl (C=O) groups excluding carboxylic acids is 1. The highest BCUT2D eigenvalue weighted by molar-refractivity contribution is 9.10. The van der Waals surface area contributed by atoms with Crippen molar-refractivity contribution < 1.29 is 31.8 Å². The minimum absolute atomic E-state index is 0.0928. The van der Waals surface area contributed by atoms with Crippen LogP contribution < -0.4 is 10.1 Å². The maximum absolute atomic E-state index is 13.0. The number of ether oxygens (including phenoxy) is 2.